The lowest BCUT2D eigenvalue weighted by molar-refractivity contribution is -0.120. The van der Waals surface area contributed by atoms with Gasteiger partial charge in [-0.2, -0.15) is 0 Å². The van der Waals surface area contributed by atoms with Crippen molar-refractivity contribution < 1.29 is 4.79 Å². The van der Waals surface area contributed by atoms with Crippen molar-refractivity contribution in [2.75, 3.05) is 11.9 Å². The number of amides is 1. The van der Waals surface area contributed by atoms with Gasteiger partial charge in [-0.1, -0.05) is 6.42 Å². The van der Waals surface area contributed by atoms with Crippen LogP contribution in [0.15, 0.2) is 23.7 Å². The van der Waals surface area contributed by atoms with E-state index in [0.29, 0.717) is 12.5 Å². The highest BCUT2D eigenvalue weighted by Crippen LogP contribution is 2.32. The Hall–Kier alpha value is -1.17. The van der Waals surface area contributed by atoms with Crippen molar-refractivity contribution in [3.8, 4) is 0 Å². The summed E-state index contributed by atoms with van der Waals surface area (Å²) in [5, 5.41) is 3.00. The van der Waals surface area contributed by atoms with Gasteiger partial charge >= 0.3 is 0 Å². The third-order valence-corrected chi connectivity index (χ3v) is 4.71. The van der Waals surface area contributed by atoms with Gasteiger partial charge in [-0.15, -0.1) is 23.7 Å². The number of halogens is 1. The van der Waals surface area contributed by atoms with Gasteiger partial charge < -0.3 is 11.1 Å². The molecule has 0 bridgehead atoms. The number of benzene rings is 1. The van der Waals surface area contributed by atoms with Crippen LogP contribution in [0.3, 0.4) is 0 Å². The largest absolute Gasteiger partial charge is 0.330 e. The first-order valence-corrected chi connectivity index (χ1v) is 7.50. The average Bonchev–Trinajstić information content (AvgIpc) is 3.06. The summed E-state index contributed by atoms with van der Waals surface area (Å²) in [5.41, 5.74) is 9.30. The van der Waals surface area contributed by atoms with E-state index in [0.717, 1.165) is 35.2 Å². The predicted molar refractivity (Wildman–Crippen MR) is 85.4 cm³/mol. The maximum absolute atomic E-state index is 12.3. The molecule has 1 aliphatic carbocycles. The minimum atomic E-state index is 0. The molecule has 4 nitrogen and oxygen atoms in total. The lowest BCUT2D eigenvalue weighted by Crippen LogP contribution is -2.29. The Bertz CT molecular complexity index is 601. The second-order valence-corrected chi connectivity index (χ2v) is 5.94. The van der Waals surface area contributed by atoms with E-state index in [4.69, 9.17) is 5.73 Å². The van der Waals surface area contributed by atoms with Gasteiger partial charge in [-0.05, 0) is 43.5 Å². The Morgan fingerprint density at radius 1 is 1.45 bits per heavy atom. The van der Waals surface area contributed by atoms with E-state index in [1.807, 2.05) is 23.7 Å². The number of thiazole rings is 1. The molecular formula is C14H18ClN3OS. The van der Waals surface area contributed by atoms with Gasteiger partial charge in [0, 0.05) is 11.6 Å². The smallest absolute Gasteiger partial charge is 0.227 e. The molecule has 0 aliphatic heterocycles. The summed E-state index contributed by atoms with van der Waals surface area (Å²) < 4.78 is 1.14. The molecule has 1 aromatic carbocycles. The van der Waals surface area contributed by atoms with Crippen molar-refractivity contribution in [1.29, 1.82) is 0 Å². The first kappa shape index (κ1) is 15.2. The van der Waals surface area contributed by atoms with Crippen LogP contribution >= 0.6 is 23.7 Å². The maximum Gasteiger partial charge on any atom is 0.227 e. The van der Waals surface area contributed by atoms with Crippen LogP contribution in [0.2, 0.25) is 0 Å². The first-order chi connectivity index (χ1) is 9.28. The molecule has 0 saturated heterocycles. The van der Waals surface area contributed by atoms with Crippen LogP contribution in [0.4, 0.5) is 5.69 Å². The van der Waals surface area contributed by atoms with Gasteiger partial charge in [0.05, 0.1) is 15.7 Å². The Balaban J connectivity index is 0.00000147. The minimum Gasteiger partial charge on any atom is -0.330 e. The number of carbonyl (C=O) groups excluding carboxylic acids is 1. The lowest BCUT2D eigenvalue weighted by Gasteiger charge is -2.17. The molecule has 1 amide bonds. The van der Waals surface area contributed by atoms with E-state index >= 15 is 0 Å². The molecule has 0 unspecified atom stereocenters. The lowest BCUT2D eigenvalue weighted by atomic mass is 9.95. The van der Waals surface area contributed by atoms with Crippen molar-refractivity contribution in [3.05, 3.63) is 23.7 Å². The number of aromatic nitrogens is 1. The molecule has 0 spiro atoms. The number of nitrogens with one attached hydrogen (secondary N) is 1. The summed E-state index contributed by atoms with van der Waals surface area (Å²) in [4.78, 5) is 16.5. The molecule has 1 aliphatic rings. The third-order valence-electron chi connectivity index (χ3n) is 3.90. The van der Waals surface area contributed by atoms with Gasteiger partial charge in [0.2, 0.25) is 5.91 Å². The Morgan fingerprint density at radius 2 is 2.30 bits per heavy atom. The molecule has 3 N–H and O–H groups in total. The SMILES string of the molecule is Cl.NC[C@H]1CCC[C@H]1C(=O)Nc1ccc2scnc2c1. The molecule has 0 radical (unpaired) electrons. The van der Waals surface area contributed by atoms with Crippen LogP contribution < -0.4 is 11.1 Å². The predicted octanol–water partition coefficient (Wildman–Crippen LogP) is 3.03. The van der Waals surface area contributed by atoms with Gasteiger partial charge in [0.25, 0.3) is 0 Å². The fourth-order valence-electron chi connectivity index (χ4n) is 2.83. The summed E-state index contributed by atoms with van der Waals surface area (Å²) in [7, 11) is 0. The number of nitrogens with zero attached hydrogens (tertiary/aromatic N) is 1. The van der Waals surface area contributed by atoms with Gasteiger partial charge in [0.15, 0.2) is 0 Å². The number of nitrogens with two attached hydrogens (primary N) is 1. The standard InChI is InChI=1S/C14H17N3OS.ClH/c15-7-9-2-1-3-11(9)14(18)17-10-4-5-13-12(6-10)16-8-19-13;/h4-6,8-9,11H,1-3,7,15H2,(H,17,18);1H/t9-,11-;/m1./s1. The molecule has 1 aromatic heterocycles. The van der Waals surface area contributed by atoms with Crippen LogP contribution in [-0.4, -0.2) is 17.4 Å². The summed E-state index contributed by atoms with van der Waals surface area (Å²) in [6, 6.07) is 5.86. The minimum absolute atomic E-state index is 0. The van der Waals surface area contributed by atoms with Gasteiger partial charge in [-0.25, -0.2) is 4.98 Å². The highest BCUT2D eigenvalue weighted by atomic mass is 35.5. The molecule has 2 aromatic rings. The first-order valence-electron chi connectivity index (χ1n) is 6.62. The molecule has 1 fully saturated rings. The van der Waals surface area contributed by atoms with Crippen LogP contribution in [0.25, 0.3) is 10.2 Å². The number of anilines is 1. The number of rotatable bonds is 3. The summed E-state index contributed by atoms with van der Waals surface area (Å²) in [6.07, 6.45) is 3.12. The molecule has 20 heavy (non-hydrogen) atoms. The van der Waals surface area contributed by atoms with Gasteiger partial charge in [-0.3, -0.25) is 4.79 Å². The molecule has 3 rings (SSSR count). The molecule has 6 heteroatoms. The molecule has 1 heterocycles. The van der Waals surface area contributed by atoms with E-state index in [-0.39, 0.29) is 24.2 Å². The van der Waals surface area contributed by atoms with Crippen LogP contribution in [-0.2, 0) is 4.79 Å². The van der Waals surface area contributed by atoms with E-state index in [9.17, 15) is 4.79 Å². The second-order valence-electron chi connectivity index (χ2n) is 5.06. The van der Waals surface area contributed by atoms with Crippen molar-refractivity contribution >= 4 is 45.6 Å². The Morgan fingerprint density at radius 3 is 3.10 bits per heavy atom. The molecule has 1 saturated carbocycles. The van der Waals surface area contributed by atoms with Gasteiger partial charge in [0.1, 0.15) is 0 Å². The van der Waals surface area contributed by atoms with Crippen LogP contribution in [0.1, 0.15) is 19.3 Å². The van der Waals surface area contributed by atoms with E-state index in [1.54, 1.807) is 11.3 Å². The zero-order chi connectivity index (χ0) is 13.2. The maximum atomic E-state index is 12.3. The molecule has 108 valence electrons. The van der Waals surface area contributed by atoms with Crippen molar-refractivity contribution in [2.45, 2.75) is 19.3 Å². The number of hydrogen-bond donors (Lipinski definition) is 2. The third kappa shape index (κ3) is 2.95. The van der Waals surface area contributed by atoms with Crippen molar-refractivity contribution in [3.63, 3.8) is 0 Å². The number of fused-ring (bicyclic) bond motifs is 1. The highest BCUT2D eigenvalue weighted by Gasteiger charge is 2.31. The van der Waals surface area contributed by atoms with Crippen LogP contribution in [0, 0.1) is 11.8 Å². The second kappa shape index (κ2) is 6.52. The zero-order valence-electron chi connectivity index (χ0n) is 11.0. The van der Waals surface area contributed by atoms with E-state index in [2.05, 4.69) is 10.3 Å². The summed E-state index contributed by atoms with van der Waals surface area (Å²) >= 11 is 1.60. The Labute approximate surface area is 128 Å². The zero-order valence-corrected chi connectivity index (χ0v) is 12.7. The Kier molecular flexibility index (Phi) is 4.96. The van der Waals surface area contributed by atoms with Crippen molar-refractivity contribution in [2.24, 2.45) is 17.6 Å². The molecule has 2 atom stereocenters. The van der Waals surface area contributed by atoms with E-state index < -0.39 is 0 Å². The number of carbonyl (C=O) groups is 1. The summed E-state index contributed by atoms with van der Waals surface area (Å²) in [6.45, 7) is 0.600. The topological polar surface area (TPSA) is 68.0 Å². The summed E-state index contributed by atoms with van der Waals surface area (Å²) in [5.74, 6) is 0.502. The van der Waals surface area contributed by atoms with E-state index in [1.165, 1.54) is 0 Å². The quantitative estimate of drug-likeness (QED) is 0.915. The fraction of sp³-hybridized carbons (Fsp3) is 0.429. The van der Waals surface area contributed by atoms with Crippen LogP contribution in [0.5, 0.6) is 0 Å². The normalized spacial score (nSPS) is 21.6. The van der Waals surface area contributed by atoms with Crippen molar-refractivity contribution in [1.82, 2.24) is 4.98 Å². The average molecular weight is 312 g/mol. The monoisotopic (exact) mass is 311 g/mol. The highest BCUT2D eigenvalue weighted by molar-refractivity contribution is 7.16. The number of hydrogen-bond acceptors (Lipinski definition) is 4. The molecular weight excluding hydrogens is 294 g/mol. The fourth-order valence-corrected chi connectivity index (χ4v) is 3.49.